The number of halogens is 1. The number of nitrogens with zero attached hydrogens (tertiary/aromatic N) is 3. The van der Waals surface area contributed by atoms with Crippen molar-refractivity contribution in [3.63, 3.8) is 0 Å². The van der Waals surface area contributed by atoms with Gasteiger partial charge in [-0.25, -0.2) is 4.98 Å². The average Bonchev–Trinajstić information content (AvgIpc) is 2.72. The van der Waals surface area contributed by atoms with Gasteiger partial charge in [0.1, 0.15) is 5.01 Å². The molecule has 0 amide bonds. The van der Waals surface area contributed by atoms with Crippen LogP contribution < -0.4 is 0 Å². The van der Waals surface area contributed by atoms with Crippen molar-refractivity contribution in [3.8, 4) is 10.6 Å². The van der Waals surface area contributed by atoms with Crippen LogP contribution in [-0.4, -0.2) is 14.8 Å². The first kappa shape index (κ1) is 9.36. The molecule has 0 N–H and O–H groups in total. The number of alkyl halides is 1. The van der Waals surface area contributed by atoms with E-state index in [0.29, 0.717) is 0 Å². The molecular weight excluding hydrogens is 230 g/mol. The largest absolute Gasteiger partial charge is 0.275 e. The van der Waals surface area contributed by atoms with Gasteiger partial charge < -0.3 is 0 Å². The number of aromatic nitrogens is 3. The summed E-state index contributed by atoms with van der Waals surface area (Å²) in [6.45, 7) is 0. The number of hydrogen-bond donors (Lipinski definition) is 0. The predicted octanol–water partition coefficient (Wildman–Crippen LogP) is 2.77. The number of thiazole rings is 1. The van der Waals surface area contributed by atoms with Gasteiger partial charge in [0.15, 0.2) is 0 Å². The molecule has 3 rings (SSSR count). The van der Waals surface area contributed by atoms with Crippen molar-refractivity contribution < 1.29 is 0 Å². The molecule has 1 aliphatic carbocycles. The lowest BCUT2D eigenvalue weighted by molar-refractivity contribution is 0.768. The summed E-state index contributed by atoms with van der Waals surface area (Å²) in [5.41, 5.74) is 2.09. The van der Waals surface area contributed by atoms with Crippen molar-refractivity contribution >= 4 is 22.9 Å². The molecule has 0 aliphatic heterocycles. The summed E-state index contributed by atoms with van der Waals surface area (Å²) in [6.07, 6.45) is 5.89. The summed E-state index contributed by atoms with van der Waals surface area (Å²) in [6, 6.07) is 0. The van der Waals surface area contributed by atoms with Gasteiger partial charge >= 0.3 is 0 Å². The van der Waals surface area contributed by atoms with E-state index in [1.807, 2.05) is 19.4 Å². The predicted molar refractivity (Wildman–Crippen MR) is 61.1 cm³/mol. The highest BCUT2D eigenvalue weighted by Crippen LogP contribution is 2.52. The maximum atomic E-state index is 6.30. The van der Waals surface area contributed by atoms with Gasteiger partial charge in [0.05, 0.1) is 16.8 Å². The zero-order chi connectivity index (χ0) is 10.5. The summed E-state index contributed by atoms with van der Waals surface area (Å²) < 4.78 is 1.78. The van der Waals surface area contributed by atoms with Crippen LogP contribution in [0, 0.1) is 0 Å². The van der Waals surface area contributed by atoms with E-state index in [0.717, 1.165) is 29.1 Å². The van der Waals surface area contributed by atoms with Crippen LogP contribution in [0.1, 0.15) is 18.5 Å². The Hall–Kier alpha value is -0.870. The molecule has 5 heteroatoms. The summed E-state index contributed by atoms with van der Waals surface area (Å²) in [5, 5.41) is 7.19. The van der Waals surface area contributed by atoms with Crippen LogP contribution in [0.5, 0.6) is 0 Å². The Bertz CT molecular complexity index is 498. The Labute approximate surface area is 96.7 Å². The highest BCUT2D eigenvalue weighted by Gasteiger charge is 2.44. The van der Waals surface area contributed by atoms with Gasteiger partial charge in [-0.1, -0.05) is 0 Å². The van der Waals surface area contributed by atoms with Crippen molar-refractivity contribution in [1.82, 2.24) is 14.8 Å². The minimum atomic E-state index is -0.156. The van der Waals surface area contributed by atoms with Crippen LogP contribution in [0.4, 0.5) is 0 Å². The standard InChI is InChI=1S/C10H10ClN3S/c1-14-5-7(4-12-14)9-13-8(6-15-9)10(11)2-3-10/h4-6H,2-3H2,1H3. The minimum Gasteiger partial charge on any atom is -0.275 e. The topological polar surface area (TPSA) is 30.7 Å². The van der Waals surface area contributed by atoms with Crippen molar-refractivity contribution in [2.45, 2.75) is 17.7 Å². The first-order chi connectivity index (χ1) is 7.17. The van der Waals surface area contributed by atoms with Gasteiger partial charge in [0.25, 0.3) is 0 Å². The van der Waals surface area contributed by atoms with E-state index >= 15 is 0 Å². The van der Waals surface area contributed by atoms with E-state index in [9.17, 15) is 0 Å². The molecular formula is C10H10ClN3S. The maximum absolute atomic E-state index is 6.30. The van der Waals surface area contributed by atoms with Crippen LogP contribution in [0.15, 0.2) is 17.8 Å². The summed E-state index contributed by atoms with van der Waals surface area (Å²) >= 11 is 7.93. The fourth-order valence-corrected chi connectivity index (χ4v) is 2.66. The van der Waals surface area contributed by atoms with Gasteiger partial charge in [-0.15, -0.1) is 22.9 Å². The van der Waals surface area contributed by atoms with Crippen molar-refractivity contribution in [2.75, 3.05) is 0 Å². The second kappa shape index (κ2) is 3.06. The second-order valence-corrected chi connectivity index (χ2v) is 5.49. The average molecular weight is 240 g/mol. The number of hydrogen-bond acceptors (Lipinski definition) is 3. The molecule has 2 aromatic heterocycles. The summed E-state index contributed by atoms with van der Waals surface area (Å²) in [7, 11) is 1.90. The number of aryl methyl sites for hydroxylation is 1. The quantitative estimate of drug-likeness (QED) is 0.755. The fourth-order valence-electron chi connectivity index (χ4n) is 1.51. The van der Waals surface area contributed by atoms with E-state index < -0.39 is 0 Å². The van der Waals surface area contributed by atoms with Crippen LogP contribution in [0.2, 0.25) is 0 Å². The highest BCUT2D eigenvalue weighted by molar-refractivity contribution is 7.13. The molecule has 1 aliphatic rings. The third-order valence-corrected chi connectivity index (χ3v) is 4.07. The van der Waals surface area contributed by atoms with Gasteiger partial charge in [0, 0.05) is 24.2 Å². The SMILES string of the molecule is Cn1cc(-c2nc(C3(Cl)CC3)cs2)cn1. The van der Waals surface area contributed by atoms with Gasteiger partial charge in [-0.05, 0) is 12.8 Å². The first-order valence-corrected chi connectivity index (χ1v) is 6.07. The maximum Gasteiger partial charge on any atom is 0.126 e. The molecule has 1 saturated carbocycles. The van der Waals surface area contributed by atoms with Gasteiger partial charge in [-0.3, -0.25) is 4.68 Å². The minimum absolute atomic E-state index is 0.156. The molecule has 1 fully saturated rings. The molecule has 15 heavy (non-hydrogen) atoms. The van der Waals surface area contributed by atoms with Crippen LogP contribution in [0.25, 0.3) is 10.6 Å². The lowest BCUT2D eigenvalue weighted by Crippen LogP contribution is -1.95. The van der Waals surface area contributed by atoms with Gasteiger partial charge in [0.2, 0.25) is 0 Å². The smallest absolute Gasteiger partial charge is 0.126 e. The third-order valence-electron chi connectivity index (χ3n) is 2.60. The van der Waals surface area contributed by atoms with Crippen LogP contribution >= 0.6 is 22.9 Å². The Kier molecular flexibility index (Phi) is 1.91. The zero-order valence-electron chi connectivity index (χ0n) is 8.27. The van der Waals surface area contributed by atoms with E-state index in [4.69, 9.17) is 11.6 Å². The lowest BCUT2D eigenvalue weighted by atomic mass is 10.3. The van der Waals surface area contributed by atoms with E-state index in [-0.39, 0.29) is 4.87 Å². The fraction of sp³-hybridized carbons (Fsp3) is 0.400. The Morgan fingerprint density at radius 1 is 1.53 bits per heavy atom. The summed E-state index contributed by atoms with van der Waals surface area (Å²) in [5.74, 6) is 0. The zero-order valence-corrected chi connectivity index (χ0v) is 9.85. The third kappa shape index (κ3) is 1.58. The summed E-state index contributed by atoms with van der Waals surface area (Å²) in [4.78, 5) is 4.41. The second-order valence-electron chi connectivity index (χ2n) is 3.91. The molecule has 2 aromatic rings. The molecule has 78 valence electrons. The number of rotatable bonds is 2. The Balaban J connectivity index is 1.97. The Morgan fingerprint density at radius 3 is 2.93 bits per heavy atom. The highest BCUT2D eigenvalue weighted by atomic mass is 35.5. The van der Waals surface area contributed by atoms with Crippen LogP contribution in [0.3, 0.4) is 0 Å². The van der Waals surface area contributed by atoms with E-state index in [1.54, 1.807) is 16.0 Å². The Morgan fingerprint density at radius 2 is 2.33 bits per heavy atom. The van der Waals surface area contributed by atoms with Crippen LogP contribution in [-0.2, 0) is 11.9 Å². The normalized spacial score (nSPS) is 18.0. The van der Waals surface area contributed by atoms with Crippen molar-refractivity contribution in [2.24, 2.45) is 7.05 Å². The van der Waals surface area contributed by atoms with Gasteiger partial charge in [-0.2, -0.15) is 5.10 Å². The van der Waals surface area contributed by atoms with Crippen molar-refractivity contribution in [3.05, 3.63) is 23.5 Å². The molecule has 0 bridgehead atoms. The molecule has 0 spiro atoms. The molecule has 0 atom stereocenters. The molecule has 0 unspecified atom stereocenters. The lowest BCUT2D eigenvalue weighted by Gasteiger charge is -1.98. The molecule has 0 aromatic carbocycles. The van der Waals surface area contributed by atoms with E-state index in [1.165, 1.54) is 0 Å². The molecule has 0 radical (unpaired) electrons. The monoisotopic (exact) mass is 239 g/mol. The molecule has 3 nitrogen and oxygen atoms in total. The molecule has 2 heterocycles. The first-order valence-electron chi connectivity index (χ1n) is 4.81. The molecule has 0 saturated heterocycles. The van der Waals surface area contributed by atoms with E-state index in [2.05, 4.69) is 15.5 Å². The van der Waals surface area contributed by atoms with Crippen molar-refractivity contribution in [1.29, 1.82) is 0 Å².